The minimum atomic E-state index is -0.397. The van der Waals surface area contributed by atoms with Crippen LogP contribution in [0.1, 0.15) is 5.56 Å². The van der Waals surface area contributed by atoms with E-state index in [0.717, 1.165) is 50.3 Å². The zero-order valence-electron chi connectivity index (χ0n) is 19.5. The number of nitrogens with one attached hydrogen (secondary N) is 1. The highest BCUT2D eigenvalue weighted by molar-refractivity contribution is 7.16. The Kier molecular flexibility index (Phi) is 5.86. The average molecular weight is 506 g/mol. The summed E-state index contributed by atoms with van der Waals surface area (Å²) in [4.78, 5) is 38.9. The fourth-order valence-electron chi connectivity index (χ4n) is 4.61. The molecule has 1 fully saturated rings. The van der Waals surface area contributed by atoms with Gasteiger partial charge in [-0.25, -0.2) is 9.78 Å². The van der Waals surface area contributed by atoms with Crippen LogP contribution in [0.5, 0.6) is 11.6 Å². The number of cyclic esters (lactones) is 1. The van der Waals surface area contributed by atoms with Crippen molar-refractivity contribution < 1.29 is 19.0 Å². The molecule has 0 saturated carbocycles. The Balaban J connectivity index is 1.08. The minimum absolute atomic E-state index is 0.126. The van der Waals surface area contributed by atoms with Gasteiger partial charge in [0.05, 0.1) is 53.9 Å². The van der Waals surface area contributed by atoms with E-state index in [1.54, 1.807) is 24.3 Å². The number of rotatable bonds is 6. The monoisotopic (exact) mass is 505 g/mol. The van der Waals surface area contributed by atoms with Gasteiger partial charge in [-0.2, -0.15) is 0 Å². The first-order valence-electron chi connectivity index (χ1n) is 11.6. The van der Waals surface area contributed by atoms with E-state index in [0.29, 0.717) is 37.8 Å². The van der Waals surface area contributed by atoms with Crippen LogP contribution in [0.25, 0.3) is 21.3 Å². The van der Waals surface area contributed by atoms with Crippen LogP contribution in [0.3, 0.4) is 0 Å². The molecule has 1 unspecified atom stereocenters. The molecule has 1 amide bonds. The van der Waals surface area contributed by atoms with Gasteiger partial charge in [0.15, 0.2) is 0 Å². The molecular formula is C25H23N5O5S. The normalized spacial score (nSPS) is 19.2. The Hall–Kier alpha value is -3.83. The predicted molar refractivity (Wildman–Crippen MR) is 135 cm³/mol. The smallest absolute Gasteiger partial charge is 0.414 e. The van der Waals surface area contributed by atoms with Crippen molar-refractivity contribution >= 4 is 44.4 Å². The molecule has 1 N–H and O–H groups in total. The standard InChI is InChI=1S/C25H23N5O5S/c1-33-22-5-4-19-24(29-22)17-6-14(13-34-20(17)10-27-19)8-26-9-16-12-30(25(32)35-16)15-2-3-18-21(7-15)36-23(31)11-28-18/h2-5,7,10-11,14,16,26H,6,8-9,12-13H2,1H3/t14?,16-/m1/s1. The lowest BCUT2D eigenvalue weighted by molar-refractivity contribution is 0.137. The number of hydrogen-bond donors (Lipinski definition) is 1. The fourth-order valence-corrected chi connectivity index (χ4v) is 5.33. The number of carbonyl (C=O) groups is 1. The summed E-state index contributed by atoms with van der Waals surface area (Å²) in [6.07, 6.45) is 3.18. The molecule has 11 heteroatoms. The van der Waals surface area contributed by atoms with E-state index in [1.807, 2.05) is 24.3 Å². The van der Waals surface area contributed by atoms with Gasteiger partial charge in [-0.3, -0.25) is 19.7 Å². The van der Waals surface area contributed by atoms with Crippen molar-refractivity contribution in [1.29, 1.82) is 0 Å². The Morgan fingerprint density at radius 1 is 1.14 bits per heavy atom. The summed E-state index contributed by atoms with van der Waals surface area (Å²) in [5.41, 5.74) is 4.06. The third-order valence-electron chi connectivity index (χ3n) is 6.38. The molecule has 184 valence electrons. The van der Waals surface area contributed by atoms with Crippen LogP contribution >= 0.6 is 11.3 Å². The van der Waals surface area contributed by atoms with Crippen molar-refractivity contribution in [2.45, 2.75) is 12.5 Å². The van der Waals surface area contributed by atoms with Gasteiger partial charge in [-0.1, -0.05) is 11.3 Å². The van der Waals surface area contributed by atoms with E-state index in [-0.39, 0.29) is 16.8 Å². The second-order valence-electron chi connectivity index (χ2n) is 8.81. The van der Waals surface area contributed by atoms with Crippen molar-refractivity contribution in [3.8, 4) is 11.6 Å². The molecule has 0 spiro atoms. The SMILES string of the molecule is COc1ccc2ncc3c(c2n1)CC(CNC[C@@H]1CN(c2ccc4ncc(=O)sc4c2)C(=O)O1)CO3. The highest BCUT2D eigenvalue weighted by Gasteiger charge is 2.32. The van der Waals surface area contributed by atoms with Gasteiger partial charge in [0.25, 0.3) is 4.74 Å². The molecule has 5 heterocycles. The van der Waals surface area contributed by atoms with Gasteiger partial charge < -0.3 is 19.5 Å². The largest absolute Gasteiger partial charge is 0.491 e. The van der Waals surface area contributed by atoms with Crippen LogP contribution in [-0.2, 0) is 11.2 Å². The number of hydrogen-bond acceptors (Lipinski definition) is 10. The van der Waals surface area contributed by atoms with Crippen LogP contribution < -0.4 is 24.4 Å². The first kappa shape index (κ1) is 22.6. The number of methoxy groups -OCH3 is 1. The Morgan fingerprint density at radius 2 is 2.00 bits per heavy atom. The maximum absolute atomic E-state index is 12.5. The summed E-state index contributed by atoms with van der Waals surface area (Å²) in [6.45, 7) is 2.23. The van der Waals surface area contributed by atoms with E-state index in [4.69, 9.17) is 14.2 Å². The zero-order valence-corrected chi connectivity index (χ0v) is 20.3. The maximum atomic E-state index is 12.5. The van der Waals surface area contributed by atoms with Crippen LogP contribution in [0.2, 0.25) is 0 Å². The lowest BCUT2D eigenvalue weighted by atomic mass is 9.96. The lowest BCUT2D eigenvalue weighted by Gasteiger charge is -2.26. The van der Waals surface area contributed by atoms with Gasteiger partial charge in [0, 0.05) is 36.3 Å². The highest BCUT2D eigenvalue weighted by Crippen LogP contribution is 2.32. The van der Waals surface area contributed by atoms with Crippen molar-refractivity contribution in [1.82, 2.24) is 20.3 Å². The molecule has 4 aromatic rings. The molecule has 1 aromatic carbocycles. The summed E-state index contributed by atoms with van der Waals surface area (Å²) >= 11 is 1.11. The van der Waals surface area contributed by atoms with E-state index in [1.165, 1.54) is 6.20 Å². The number of pyridine rings is 2. The Bertz CT molecular complexity index is 1520. The average Bonchev–Trinajstić information content (AvgIpc) is 3.27. The van der Waals surface area contributed by atoms with Gasteiger partial charge in [-0.05, 0) is 30.7 Å². The van der Waals surface area contributed by atoms with Crippen molar-refractivity contribution in [3.63, 3.8) is 0 Å². The number of amides is 1. The van der Waals surface area contributed by atoms with E-state index in [2.05, 4.69) is 20.3 Å². The second-order valence-corrected chi connectivity index (χ2v) is 9.86. The van der Waals surface area contributed by atoms with E-state index >= 15 is 0 Å². The quantitative estimate of drug-likeness (QED) is 0.422. The van der Waals surface area contributed by atoms with Crippen LogP contribution in [0.4, 0.5) is 10.5 Å². The van der Waals surface area contributed by atoms with Crippen molar-refractivity contribution in [2.24, 2.45) is 5.92 Å². The molecule has 2 aliphatic heterocycles. The topological polar surface area (TPSA) is 116 Å². The molecule has 0 bridgehead atoms. The van der Waals surface area contributed by atoms with E-state index in [9.17, 15) is 9.59 Å². The van der Waals surface area contributed by atoms with Gasteiger partial charge in [0.2, 0.25) is 5.88 Å². The first-order valence-corrected chi connectivity index (χ1v) is 12.4. The van der Waals surface area contributed by atoms with Crippen LogP contribution in [-0.4, -0.2) is 60.5 Å². The van der Waals surface area contributed by atoms with Crippen molar-refractivity contribution in [3.05, 3.63) is 57.8 Å². The number of fused-ring (bicyclic) bond motifs is 4. The summed E-state index contributed by atoms with van der Waals surface area (Å²) in [5.74, 6) is 1.54. The summed E-state index contributed by atoms with van der Waals surface area (Å²) in [5, 5.41) is 3.43. The number of anilines is 1. The van der Waals surface area contributed by atoms with Crippen LogP contribution in [0, 0.1) is 5.92 Å². The predicted octanol–water partition coefficient (Wildman–Crippen LogP) is 2.77. The number of aromatic nitrogens is 3. The summed E-state index contributed by atoms with van der Waals surface area (Å²) in [6, 6.07) is 9.14. The lowest BCUT2D eigenvalue weighted by Crippen LogP contribution is -2.37. The Morgan fingerprint density at radius 3 is 2.89 bits per heavy atom. The molecule has 3 aromatic heterocycles. The molecule has 2 aliphatic rings. The molecule has 2 atom stereocenters. The number of carbonyl (C=O) groups excluding carboxylic acids is 1. The molecule has 36 heavy (non-hydrogen) atoms. The number of nitrogens with zero attached hydrogens (tertiary/aromatic N) is 4. The molecular weight excluding hydrogens is 482 g/mol. The molecule has 0 aliphatic carbocycles. The van der Waals surface area contributed by atoms with Crippen molar-refractivity contribution in [2.75, 3.05) is 38.3 Å². The van der Waals surface area contributed by atoms with E-state index < -0.39 is 6.09 Å². The van der Waals surface area contributed by atoms with Gasteiger partial charge in [0.1, 0.15) is 11.9 Å². The highest BCUT2D eigenvalue weighted by atomic mass is 32.1. The molecule has 0 radical (unpaired) electrons. The third-order valence-corrected chi connectivity index (χ3v) is 7.24. The summed E-state index contributed by atoms with van der Waals surface area (Å²) in [7, 11) is 1.59. The third kappa shape index (κ3) is 4.31. The maximum Gasteiger partial charge on any atom is 0.414 e. The second kappa shape index (κ2) is 9.32. The van der Waals surface area contributed by atoms with Gasteiger partial charge >= 0.3 is 6.09 Å². The zero-order chi connectivity index (χ0) is 24.6. The summed E-state index contributed by atoms with van der Waals surface area (Å²) < 4.78 is 17.4. The molecule has 6 rings (SSSR count). The number of ether oxygens (including phenoxy) is 3. The first-order chi connectivity index (χ1) is 17.6. The number of benzene rings is 1. The van der Waals surface area contributed by atoms with Gasteiger partial charge in [-0.15, -0.1) is 0 Å². The minimum Gasteiger partial charge on any atom is -0.491 e. The Labute approximate surface area is 209 Å². The molecule has 10 nitrogen and oxygen atoms in total. The van der Waals surface area contributed by atoms with Crippen LogP contribution in [0.15, 0.2) is 47.5 Å². The fraction of sp³-hybridized carbons (Fsp3) is 0.320. The molecule has 1 saturated heterocycles.